The van der Waals surface area contributed by atoms with E-state index in [1.165, 1.54) is 18.2 Å². The van der Waals surface area contributed by atoms with Crippen molar-refractivity contribution in [1.29, 1.82) is 0 Å². The summed E-state index contributed by atoms with van der Waals surface area (Å²) in [4.78, 5) is 14.2. The lowest BCUT2D eigenvalue weighted by molar-refractivity contribution is -0.137. The van der Waals surface area contributed by atoms with E-state index < -0.39 is 17.6 Å². The average Bonchev–Trinajstić information content (AvgIpc) is 2.55. The molecule has 0 saturated carbocycles. The van der Waals surface area contributed by atoms with Crippen LogP contribution in [0.1, 0.15) is 35.2 Å². The van der Waals surface area contributed by atoms with E-state index in [1.54, 1.807) is 0 Å². The van der Waals surface area contributed by atoms with Crippen molar-refractivity contribution in [3.63, 3.8) is 0 Å². The molecule has 0 aliphatic carbocycles. The van der Waals surface area contributed by atoms with Crippen LogP contribution in [0, 0.1) is 0 Å². The zero-order chi connectivity index (χ0) is 17.6. The highest BCUT2D eigenvalue weighted by Crippen LogP contribution is 2.31. The minimum Gasteiger partial charge on any atom is -0.378 e. The standard InChI is InChI=1S/C17H23F3N2O2/c1-22-10-7-13(8-11-22)24-12-4-9-21-16(23)14-5-2-3-6-15(14)17(18,19)20/h2-3,5-6,13H,4,7-12H2,1H3,(H,21,23). The van der Waals surface area contributed by atoms with Gasteiger partial charge in [-0.05, 0) is 38.4 Å². The summed E-state index contributed by atoms with van der Waals surface area (Å²) in [6.07, 6.45) is -1.75. The molecule has 1 saturated heterocycles. The van der Waals surface area contributed by atoms with Crippen molar-refractivity contribution < 1.29 is 22.7 Å². The van der Waals surface area contributed by atoms with Gasteiger partial charge >= 0.3 is 6.18 Å². The Kier molecular flexibility index (Phi) is 6.62. The van der Waals surface area contributed by atoms with Crippen molar-refractivity contribution in [3.8, 4) is 0 Å². The summed E-state index contributed by atoms with van der Waals surface area (Å²) < 4.78 is 44.4. The van der Waals surface area contributed by atoms with Crippen LogP contribution in [0.15, 0.2) is 24.3 Å². The number of piperidine rings is 1. The van der Waals surface area contributed by atoms with E-state index in [9.17, 15) is 18.0 Å². The third kappa shape index (κ3) is 5.49. The van der Waals surface area contributed by atoms with Crippen LogP contribution in [-0.2, 0) is 10.9 Å². The number of carbonyl (C=O) groups excluding carboxylic acids is 1. The molecule has 1 aliphatic rings. The number of nitrogens with zero attached hydrogens (tertiary/aromatic N) is 1. The van der Waals surface area contributed by atoms with E-state index in [4.69, 9.17) is 4.74 Å². The second-order valence-corrected chi connectivity index (χ2v) is 6.03. The van der Waals surface area contributed by atoms with Crippen LogP contribution in [0.25, 0.3) is 0 Å². The molecule has 7 heteroatoms. The SMILES string of the molecule is CN1CCC(OCCCNC(=O)c2ccccc2C(F)(F)F)CC1. The summed E-state index contributed by atoms with van der Waals surface area (Å²) in [6.45, 7) is 2.80. The van der Waals surface area contributed by atoms with Gasteiger partial charge in [0.25, 0.3) is 5.91 Å². The lowest BCUT2D eigenvalue weighted by Gasteiger charge is -2.28. The van der Waals surface area contributed by atoms with E-state index >= 15 is 0 Å². The van der Waals surface area contributed by atoms with Gasteiger partial charge in [0.1, 0.15) is 0 Å². The highest BCUT2D eigenvalue weighted by molar-refractivity contribution is 5.95. The Morgan fingerprint density at radius 1 is 1.29 bits per heavy atom. The number of benzene rings is 1. The zero-order valence-corrected chi connectivity index (χ0v) is 13.7. The van der Waals surface area contributed by atoms with Gasteiger partial charge in [0.2, 0.25) is 0 Å². The Morgan fingerprint density at radius 3 is 2.62 bits per heavy atom. The van der Waals surface area contributed by atoms with E-state index in [-0.39, 0.29) is 18.2 Å². The smallest absolute Gasteiger partial charge is 0.378 e. The molecule has 1 N–H and O–H groups in total. The highest BCUT2D eigenvalue weighted by atomic mass is 19.4. The quantitative estimate of drug-likeness (QED) is 0.807. The lowest BCUT2D eigenvalue weighted by Crippen LogP contribution is -2.34. The summed E-state index contributed by atoms with van der Waals surface area (Å²) in [5.41, 5.74) is -1.26. The first-order valence-corrected chi connectivity index (χ1v) is 8.12. The first-order valence-electron chi connectivity index (χ1n) is 8.12. The fraction of sp³-hybridized carbons (Fsp3) is 0.588. The summed E-state index contributed by atoms with van der Waals surface area (Å²) in [6, 6.07) is 4.80. The van der Waals surface area contributed by atoms with Crippen LogP contribution in [-0.4, -0.2) is 50.2 Å². The number of hydrogen-bond acceptors (Lipinski definition) is 3. The number of ether oxygens (including phenoxy) is 1. The van der Waals surface area contributed by atoms with Crippen LogP contribution < -0.4 is 5.32 Å². The third-order valence-corrected chi connectivity index (χ3v) is 4.10. The number of alkyl halides is 3. The number of halogens is 3. The molecule has 0 aromatic heterocycles. The fourth-order valence-electron chi connectivity index (χ4n) is 2.70. The molecule has 0 spiro atoms. The number of amides is 1. The highest BCUT2D eigenvalue weighted by Gasteiger charge is 2.34. The van der Waals surface area contributed by atoms with E-state index in [0.717, 1.165) is 32.0 Å². The molecule has 2 rings (SSSR count). The van der Waals surface area contributed by atoms with Crippen LogP contribution >= 0.6 is 0 Å². The van der Waals surface area contributed by atoms with Gasteiger partial charge in [0.15, 0.2) is 0 Å². The molecule has 134 valence electrons. The topological polar surface area (TPSA) is 41.6 Å². The summed E-state index contributed by atoms with van der Waals surface area (Å²) in [5.74, 6) is -0.706. The first kappa shape index (κ1) is 18.7. The van der Waals surface area contributed by atoms with Gasteiger partial charge in [0.05, 0.1) is 17.2 Å². The number of rotatable bonds is 6. The van der Waals surface area contributed by atoms with Crippen molar-refractivity contribution in [2.45, 2.75) is 31.5 Å². The van der Waals surface area contributed by atoms with Gasteiger partial charge in [-0.2, -0.15) is 13.2 Å². The molecule has 1 aromatic carbocycles. The van der Waals surface area contributed by atoms with Crippen molar-refractivity contribution in [1.82, 2.24) is 10.2 Å². The maximum atomic E-state index is 12.9. The minimum absolute atomic E-state index is 0.239. The van der Waals surface area contributed by atoms with E-state index in [0.29, 0.717) is 13.0 Å². The number of carbonyl (C=O) groups is 1. The Hall–Kier alpha value is -1.60. The second-order valence-electron chi connectivity index (χ2n) is 6.03. The molecule has 0 unspecified atom stereocenters. The lowest BCUT2D eigenvalue weighted by atomic mass is 10.1. The van der Waals surface area contributed by atoms with Gasteiger partial charge in [-0.15, -0.1) is 0 Å². The maximum Gasteiger partial charge on any atom is 0.417 e. The van der Waals surface area contributed by atoms with Crippen molar-refractivity contribution in [3.05, 3.63) is 35.4 Å². The minimum atomic E-state index is -4.54. The molecule has 0 bridgehead atoms. The Bertz CT molecular complexity index is 541. The van der Waals surface area contributed by atoms with Crippen LogP contribution in [0.2, 0.25) is 0 Å². The van der Waals surface area contributed by atoms with Crippen molar-refractivity contribution >= 4 is 5.91 Å². The van der Waals surface area contributed by atoms with Gasteiger partial charge in [-0.3, -0.25) is 4.79 Å². The second kappa shape index (κ2) is 8.48. The Balaban J connectivity index is 1.72. The van der Waals surface area contributed by atoms with Gasteiger partial charge in [-0.25, -0.2) is 0 Å². The summed E-state index contributed by atoms with van der Waals surface area (Å²) in [5, 5.41) is 2.53. The molecule has 1 fully saturated rings. The molecule has 1 heterocycles. The van der Waals surface area contributed by atoms with Crippen molar-refractivity contribution in [2.24, 2.45) is 0 Å². The Morgan fingerprint density at radius 2 is 1.96 bits per heavy atom. The van der Waals surface area contributed by atoms with Gasteiger partial charge in [0, 0.05) is 26.2 Å². The fourth-order valence-corrected chi connectivity index (χ4v) is 2.70. The van der Waals surface area contributed by atoms with E-state index in [1.807, 2.05) is 0 Å². The average molecular weight is 344 g/mol. The Labute approximate surface area is 140 Å². The normalized spacial score (nSPS) is 17.0. The van der Waals surface area contributed by atoms with Gasteiger partial charge < -0.3 is 15.0 Å². The van der Waals surface area contributed by atoms with Crippen LogP contribution in [0.5, 0.6) is 0 Å². The monoisotopic (exact) mass is 344 g/mol. The molecular formula is C17H23F3N2O2. The zero-order valence-electron chi connectivity index (χ0n) is 13.7. The van der Waals surface area contributed by atoms with Crippen LogP contribution in [0.4, 0.5) is 13.2 Å². The van der Waals surface area contributed by atoms with E-state index in [2.05, 4.69) is 17.3 Å². The number of hydrogen-bond donors (Lipinski definition) is 1. The predicted octanol–water partition coefficient (Wildman–Crippen LogP) is 2.94. The molecule has 4 nitrogen and oxygen atoms in total. The largest absolute Gasteiger partial charge is 0.417 e. The molecule has 1 aliphatic heterocycles. The molecule has 0 atom stereocenters. The molecule has 24 heavy (non-hydrogen) atoms. The molecular weight excluding hydrogens is 321 g/mol. The number of nitrogens with one attached hydrogen (secondary N) is 1. The summed E-state index contributed by atoms with van der Waals surface area (Å²) >= 11 is 0. The summed E-state index contributed by atoms with van der Waals surface area (Å²) in [7, 11) is 2.07. The molecule has 1 amide bonds. The molecule has 1 aromatic rings. The molecule has 0 radical (unpaired) electrons. The van der Waals surface area contributed by atoms with Crippen LogP contribution in [0.3, 0.4) is 0 Å². The number of likely N-dealkylation sites (tertiary alicyclic amines) is 1. The van der Waals surface area contributed by atoms with Crippen molar-refractivity contribution in [2.75, 3.05) is 33.3 Å². The maximum absolute atomic E-state index is 12.9. The first-order chi connectivity index (χ1) is 11.4. The third-order valence-electron chi connectivity index (χ3n) is 4.10. The predicted molar refractivity (Wildman–Crippen MR) is 84.9 cm³/mol. The van der Waals surface area contributed by atoms with Gasteiger partial charge in [-0.1, -0.05) is 12.1 Å².